The molecule has 0 atom stereocenters. The predicted octanol–water partition coefficient (Wildman–Crippen LogP) is 2.04. The predicted molar refractivity (Wildman–Crippen MR) is 44.7 cm³/mol. The van der Waals surface area contributed by atoms with Gasteiger partial charge in [-0.05, 0) is 12.5 Å². The quantitative estimate of drug-likeness (QED) is 0.520. The van der Waals surface area contributed by atoms with Crippen LogP contribution in [0.5, 0.6) is 0 Å². The van der Waals surface area contributed by atoms with Gasteiger partial charge in [-0.15, -0.1) is 0 Å². The number of hydrogen-bond donors (Lipinski definition) is 0. The summed E-state index contributed by atoms with van der Waals surface area (Å²) in [7, 11) is 1.78. The highest BCUT2D eigenvalue weighted by atomic mass is 14.6. The molecule has 0 unspecified atom stereocenters. The van der Waals surface area contributed by atoms with E-state index in [0.717, 1.165) is 0 Å². The van der Waals surface area contributed by atoms with Gasteiger partial charge in [-0.25, -0.2) is 0 Å². The molecule has 0 spiro atoms. The zero-order chi connectivity index (χ0) is 7.40. The van der Waals surface area contributed by atoms with Crippen molar-refractivity contribution in [1.82, 2.24) is 0 Å². The second kappa shape index (κ2) is 3.16. The monoisotopic (exact) mass is 133 g/mol. The Morgan fingerprint density at radius 1 is 1.40 bits per heavy atom. The van der Waals surface area contributed by atoms with E-state index in [2.05, 4.69) is 24.0 Å². The number of aliphatic imine (C=N–C) groups is 1. The SMILES string of the molecule is C/N=C/c1cccc(C)c1. The van der Waals surface area contributed by atoms with Crippen LogP contribution in [0.4, 0.5) is 0 Å². The maximum Gasteiger partial charge on any atom is 0.0281 e. The lowest BCUT2D eigenvalue weighted by atomic mass is 10.2. The van der Waals surface area contributed by atoms with Gasteiger partial charge >= 0.3 is 0 Å². The molecule has 0 radical (unpaired) electrons. The van der Waals surface area contributed by atoms with E-state index in [1.54, 1.807) is 7.05 Å². The highest BCUT2D eigenvalue weighted by Gasteiger charge is 1.85. The van der Waals surface area contributed by atoms with Crippen molar-refractivity contribution in [2.45, 2.75) is 6.92 Å². The van der Waals surface area contributed by atoms with Gasteiger partial charge in [-0.2, -0.15) is 0 Å². The third-order valence-electron chi connectivity index (χ3n) is 1.32. The first-order chi connectivity index (χ1) is 4.83. The van der Waals surface area contributed by atoms with Gasteiger partial charge in [-0.3, -0.25) is 4.99 Å². The fourth-order valence-electron chi connectivity index (χ4n) is 0.899. The minimum atomic E-state index is 1.17. The van der Waals surface area contributed by atoms with Gasteiger partial charge in [0, 0.05) is 13.3 Å². The van der Waals surface area contributed by atoms with Crippen molar-refractivity contribution in [1.29, 1.82) is 0 Å². The molecule has 1 nitrogen and oxygen atoms in total. The van der Waals surface area contributed by atoms with Gasteiger partial charge < -0.3 is 0 Å². The number of rotatable bonds is 1. The van der Waals surface area contributed by atoms with E-state index in [1.807, 2.05) is 18.3 Å². The summed E-state index contributed by atoms with van der Waals surface area (Å²) in [6.07, 6.45) is 1.85. The Balaban J connectivity index is 2.95. The second-order valence-corrected chi connectivity index (χ2v) is 2.30. The molecule has 0 saturated carbocycles. The standard InChI is InChI=1S/C9H11N/c1-8-4-3-5-9(6-8)7-10-2/h3-7H,1-2H3/b10-7+. The van der Waals surface area contributed by atoms with Crippen LogP contribution in [0.2, 0.25) is 0 Å². The van der Waals surface area contributed by atoms with Crippen molar-refractivity contribution < 1.29 is 0 Å². The van der Waals surface area contributed by atoms with Crippen LogP contribution < -0.4 is 0 Å². The fourth-order valence-corrected chi connectivity index (χ4v) is 0.899. The van der Waals surface area contributed by atoms with E-state index in [0.29, 0.717) is 0 Å². The molecule has 0 bridgehead atoms. The minimum absolute atomic E-state index is 1.17. The molecule has 0 amide bonds. The molecule has 0 fully saturated rings. The Labute approximate surface area is 61.4 Å². The molecule has 0 N–H and O–H groups in total. The first kappa shape index (κ1) is 7.00. The topological polar surface area (TPSA) is 12.4 Å². The normalized spacial score (nSPS) is 10.6. The van der Waals surface area contributed by atoms with Crippen LogP contribution in [0.1, 0.15) is 11.1 Å². The molecule has 10 heavy (non-hydrogen) atoms. The third-order valence-corrected chi connectivity index (χ3v) is 1.32. The van der Waals surface area contributed by atoms with Gasteiger partial charge in [0.2, 0.25) is 0 Å². The van der Waals surface area contributed by atoms with Crippen LogP contribution in [0, 0.1) is 6.92 Å². The average Bonchev–Trinajstić information content (AvgIpc) is 1.88. The number of hydrogen-bond acceptors (Lipinski definition) is 1. The average molecular weight is 133 g/mol. The summed E-state index contributed by atoms with van der Waals surface area (Å²) in [6.45, 7) is 2.08. The van der Waals surface area contributed by atoms with Crippen molar-refractivity contribution in [3.8, 4) is 0 Å². The molecule has 52 valence electrons. The van der Waals surface area contributed by atoms with E-state index in [-0.39, 0.29) is 0 Å². The van der Waals surface area contributed by atoms with Gasteiger partial charge in [0.15, 0.2) is 0 Å². The minimum Gasteiger partial charge on any atom is -0.296 e. The van der Waals surface area contributed by atoms with E-state index >= 15 is 0 Å². The third kappa shape index (κ3) is 1.69. The first-order valence-electron chi connectivity index (χ1n) is 3.32. The highest BCUT2D eigenvalue weighted by molar-refractivity contribution is 5.79. The summed E-state index contributed by atoms with van der Waals surface area (Å²) >= 11 is 0. The van der Waals surface area contributed by atoms with Crippen molar-refractivity contribution in [2.24, 2.45) is 4.99 Å². The van der Waals surface area contributed by atoms with Crippen LogP contribution in [-0.2, 0) is 0 Å². The molecule has 0 heterocycles. The van der Waals surface area contributed by atoms with Crippen molar-refractivity contribution in [3.63, 3.8) is 0 Å². The van der Waals surface area contributed by atoms with Crippen LogP contribution in [0.3, 0.4) is 0 Å². The van der Waals surface area contributed by atoms with Crippen LogP contribution >= 0.6 is 0 Å². The highest BCUT2D eigenvalue weighted by Crippen LogP contribution is 2.00. The maximum atomic E-state index is 3.92. The second-order valence-electron chi connectivity index (χ2n) is 2.30. The Morgan fingerprint density at radius 2 is 2.20 bits per heavy atom. The molecule has 0 aliphatic heterocycles. The van der Waals surface area contributed by atoms with Crippen LogP contribution in [-0.4, -0.2) is 13.3 Å². The summed E-state index contributed by atoms with van der Waals surface area (Å²) in [5.41, 5.74) is 2.44. The Hall–Kier alpha value is -1.11. The van der Waals surface area contributed by atoms with Gasteiger partial charge in [-0.1, -0.05) is 29.8 Å². The Morgan fingerprint density at radius 3 is 2.80 bits per heavy atom. The summed E-state index contributed by atoms with van der Waals surface area (Å²) in [5, 5.41) is 0. The van der Waals surface area contributed by atoms with Crippen LogP contribution in [0.15, 0.2) is 29.3 Å². The Bertz CT molecular complexity index is 238. The molecule has 1 heteroatoms. The molecule has 0 saturated heterocycles. The van der Waals surface area contributed by atoms with Crippen molar-refractivity contribution >= 4 is 6.21 Å². The summed E-state index contributed by atoms with van der Waals surface area (Å²) in [5.74, 6) is 0. The largest absolute Gasteiger partial charge is 0.296 e. The molecule has 1 aromatic rings. The van der Waals surface area contributed by atoms with Gasteiger partial charge in [0.1, 0.15) is 0 Å². The fraction of sp³-hybridized carbons (Fsp3) is 0.222. The molecular weight excluding hydrogens is 122 g/mol. The summed E-state index contributed by atoms with van der Waals surface area (Å²) in [4.78, 5) is 3.92. The molecule has 0 aliphatic rings. The van der Waals surface area contributed by atoms with E-state index in [9.17, 15) is 0 Å². The lowest BCUT2D eigenvalue weighted by Gasteiger charge is -1.92. The number of benzene rings is 1. The summed E-state index contributed by atoms with van der Waals surface area (Å²) in [6, 6.07) is 8.26. The number of nitrogens with zero attached hydrogens (tertiary/aromatic N) is 1. The number of aryl methyl sites for hydroxylation is 1. The molecule has 1 rings (SSSR count). The molecule has 0 aliphatic carbocycles. The van der Waals surface area contributed by atoms with E-state index in [4.69, 9.17) is 0 Å². The van der Waals surface area contributed by atoms with Crippen LogP contribution in [0.25, 0.3) is 0 Å². The smallest absolute Gasteiger partial charge is 0.0281 e. The van der Waals surface area contributed by atoms with Gasteiger partial charge in [0.05, 0.1) is 0 Å². The first-order valence-corrected chi connectivity index (χ1v) is 3.32. The lowest BCUT2D eigenvalue weighted by molar-refractivity contribution is 1.43. The maximum absolute atomic E-state index is 3.92. The van der Waals surface area contributed by atoms with Gasteiger partial charge in [0.25, 0.3) is 0 Å². The molecule has 0 aromatic heterocycles. The van der Waals surface area contributed by atoms with E-state index < -0.39 is 0 Å². The summed E-state index contributed by atoms with van der Waals surface area (Å²) < 4.78 is 0. The van der Waals surface area contributed by atoms with E-state index in [1.165, 1.54) is 11.1 Å². The van der Waals surface area contributed by atoms with Crippen molar-refractivity contribution in [3.05, 3.63) is 35.4 Å². The molecule has 1 aromatic carbocycles. The zero-order valence-electron chi connectivity index (χ0n) is 6.33. The molecular formula is C9H11N. The van der Waals surface area contributed by atoms with Crippen molar-refractivity contribution in [2.75, 3.05) is 7.05 Å². The lowest BCUT2D eigenvalue weighted by Crippen LogP contribution is -1.80. The Kier molecular flexibility index (Phi) is 2.21. The zero-order valence-corrected chi connectivity index (χ0v) is 6.33.